The highest BCUT2D eigenvalue weighted by molar-refractivity contribution is 6.07. The van der Waals surface area contributed by atoms with Crippen molar-refractivity contribution in [3.05, 3.63) is 91.5 Å². The number of nitrogens with two attached hydrogens (primary N) is 1. The molecule has 1 unspecified atom stereocenters. The number of aromatic nitrogens is 1. The van der Waals surface area contributed by atoms with Crippen LogP contribution >= 0.6 is 0 Å². The second-order valence-corrected chi connectivity index (χ2v) is 9.58. The fourth-order valence-corrected chi connectivity index (χ4v) is 4.86. The zero-order valence-electron chi connectivity index (χ0n) is 23.2. The number of likely N-dealkylation sites (tertiary alicyclic amines) is 1. The average Bonchev–Trinajstić information content (AvgIpc) is 3.20. The maximum absolute atomic E-state index is 13.6. The minimum atomic E-state index is -1.08. The minimum absolute atomic E-state index is 0.0232. The smallest absolute Gasteiger partial charge is 0.261 e. The Morgan fingerprint density at radius 3 is 2.54 bits per heavy atom. The van der Waals surface area contributed by atoms with Crippen molar-refractivity contribution in [2.75, 3.05) is 26.2 Å². The summed E-state index contributed by atoms with van der Waals surface area (Å²) >= 11 is 0. The van der Waals surface area contributed by atoms with Crippen LogP contribution in [0.15, 0.2) is 90.9 Å². The molecule has 0 bridgehead atoms. The molecular formula is C31H39N5O3. The lowest BCUT2D eigenvalue weighted by molar-refractivity contribution is -0.137. The van der Waals surface area contributed by atoms with Gasteiger partial charge in [-0.3, -0.25) is 19.5 Å². The lowest BCUT2D eigenvalue weighted by Crippen LogP contribution is -2.47. The van der Waals surface area contributed by atoms with E-state index in [4.69, 9.17) is 10.5 Å². The van der Waals surface area contributed by atoms with Gasteiger partial charge < -0.3 is 15.4 Å². The molecule has 0 spiro atoms. The number of piperidine rings is 1. The highest BCUT2D eigenvalue weighted by Gasteiger charge is 2.46. The van der Waals surface area contributed by atoms with E-state index >= 15 is 0 Å². The van der Waals surface area contributed by atoms with Crippen molar-refractivity contribution in [1.82, 2.24) is 14.8 Å². The zero-order chi connectivity index (χ0) is 28.4. The van der Waals surface area contributed by atoms with Gasteiger partial charge in [-0.15, -0.1) is 13.2 Å². The number of pyridine rings is 1. The van der Waals surface area contributed by atoms with Gasteiger partial charge in [0.25, 0.3) is 11.8 Å². The predicted molar refractivity (Wildman–Crippen MR) is 155 cm³/mol. The number of hydrogen-bond donors (Lipinski definition) is 1. The van der Waals surface area contributed by atoms with Crippen molar-refractivity contribution in [3.8, 4) is 11.1 Å². The normalized spacial score (nSPS) is 20.0. The highest BCUT2D eigenvalue weighted by Crippen LogP contribution is 2.35. The van der Waals surface area contributed by atoms with E-state index in [1.54, 1.807) is 17.3 Å². The Morgan fingerprint density at radius 2 is 1.90 bits per heavy atom. The Labute approximate surface area is 231 Å². The summed E-state index contributed by atoms with van der Waals surface area (Å²) in [6.07, 6.45) is 10.7. The molecule has 1 aromatic carbocycles. The largest absolute Gasteiger partial charge is 0.484 e. The molecule has 2 aromatic rings. The molecule has 39 heavy (non-hydrogen) atoms. The number of nitrogens with zero attached hydrogens (tertiary/aromatic N) is 4. The summed E-state index contributed by atoms with van der Waals surface area (Å²) in [5, 5.41) is 0. The van der Waals surface area contributed by atoms with E-state index in [0.29, 0.717) is 25.4 Å². The quantitative estimate of drug-likeness (QED) is 0.305. The number of ether oxygens (including phenoxy) is 1. The number of rotatable bonds is 8. The Hall–Kier alpha value is -4.20. The van der Waals surface area contributed by atoms with Gasteiger partial charge >= 0.3 is 0 Å². The first-order valence-electron chi connectivity index (χ1n) is 13.2. The third-order valence-corrected chi connectivity index (χ3v) is 7.08. The second-order valence-electron chi connectivity index (χ2n) is 9.58. The first kappa shape index (κ1) is 29.4. The summed E-state index contributed by atoms with van der Waals surface area (Å²) in [7, 11) is 0. The van der Waals surface area contributed by atoms with Crippen molar-refractivity contribution in [2.24, 2.45) is 16.6 Å². The Morgan fingerprint density at radius 1 is 1.18 bits per heavy atom. The molecule has 8 heteroatoms. The molecule has 0 saturated carbocycles. The van der Waals surface area contributed by atoms with Crippen LogP contribution in [0.1, 0.15) is 39.2 Å². The first-order valence-corrected chi connectivity index (χ1v) is 13.2. The van der Waals surface area contributed by atoms with Gasteiger partial charge in [0, 0.05) is 32.0 Å². The SMILES string of the molecule is C/C=C\C(=C/C)OCC(=O)N1CCC(CN2C(=O)C(C)(c3cccc(-c4cccnc4)c3)N=C2N)CC1.C=C. The number of guanidine groups is 1. The maximum Gasteiger partial charge on any atom is 0.261 e. The fourth-order valence-electron chi connectivity index (χ4n) is 4.86. The van der Waals surface area contributed by atoms with Gasteiger partial charge in [0.05, 0.1) is 0 Å². The molecule has 1 saturated heterocycles. The Kier molecular flexibility index (Phi) is 10.2. The van der Waals surface area contributed by atoms with Gasteiger partial charge in [-0.1, -0.05) is 30.3 Å². The number of hydrogen-bond acceptors (Lipinski definition) is 6. The zero-order valence-corrected chi connectivity index (χ0v) is 23.2. The summed E-state index contributed by atoms with van der Waals surface area (Å²) in [4.78, 5) is 38.4. The predicted octanol–water partition coefficient (Wildman–Crippen LogP) is 4.66. The Bertz CT molecular complexity index is 1230. The molecule has 8 nitrogen and oxygen atoms in total. The molecule has 2 N–H and O–H groups in total. The lowest BCUT2D eigenvalue weighted by Gasteiger charge is -2.34. The summed E-state index contributed by atoms with van der Waals surface area (Å²) in [5.41, 5.74) is 7.95. The number of carbonyl (C=O) groups is 2. The summed E-state index contributed by atoms with van der Waals surface area (Å²) in [6.45, 7) is 13.4. The number of aliphatic imine (C=N–C) groups is 1. The van der Waals surface area contributed by atoms with Crippen LogP contribution in [0.2, 0.25) is 0 Å². The van der Waals surface area contributed by atoms with Crippen LogP contribution in [0.3, 0.4) is 0 Å². The van der Waals surface area contributed by atoms with E-state index in [1.807, 2.05) is 80.3 Å². The molecule has 1 aromatic heterocycles. The lowest BCUT2D eigenvalue weighted by atomic mass is 9.89. The number of allylic oxidation sites excluding steroid dienone is 3. The van der Waals surface area contributed by atoms with Crippen molar-refractivity contribution in [3.63, 3.8) is 0 Å². The molecule has 2 amide bonds. The van der Waals surface area contributed by atoms with Crippen LogP contribution < -0.4 is 5.73 Å². The number of carbonyl (C=O) groups excluding carboxylic acids is 2. The van der Waals surface area contributed by atoms with Crippen molar-refractivity contribution < 1.29 is 14.3 Å². The first-order chi connectivity index (χ1) is 18.9. The molecule has 3 heterocycles. The van der Waals surface area contributed by atoms with Gasteiger partial charge in [-0.05, 0) is 80.5 Å². The summed E-state index contributed by atoms with van der Waals surface area (Å²) in [6, 6.07) is 11.7. The molecule has 1 fully saturated rings. The van der Waals surface area contributed by atoms with E-state index in [9.17, 15) is 9.59 Å². The third kappa shape index (κ3) is 6.82. The van der Waals surface area contributed by atoms with E-state index in [2.05, 4.69) is 23.1 Å². The second kappa shape index (κ2) is 13.6. The van der Waals surface area contributed by atoms with Crippen molar-refractivity contribution in [2.45, 2.75) is 39.2 Å². The highest BCUT2D eigenvalue weighted by atomic mass is 16.5. The third-order valence-electron chi connectivity index (χ3n) is 7.08. The monoisotopic (exact) mass is 529 g/mol. The molecule has 0 aliphatic carbocycles. The number of benzene rings is 1. The van der Waals surface area contributed by atoms with Gasteiger partial charge in [0.15, 0.2) is 18.1 Å². The van der Waals surface area contributed by atoms with Gasteiger partial charge in [0.1, 0.15) is 5.76 Å². The van der Waals surface area contributed by atoms with Gasteiger partial charge in [0.2, 0.25) is 0 Å². The minimum Gasteiger partial charge on any atom is -0.484 e. The van der Waals surface area contributed by atoms with E-state index < -0.39 is 5.54 Å². The molecule has 1 atom stereocenters. The molecule has 2 aliphatic heterocycles. The van der Waals surface area contributed by atoms with Gasteiger partial charge in [-0.2, -0.15) is 0 Å². The molecule has 0 radical (unpaired) electrons. The molecular weight excluding hydrogens is 490 g/mol. The van der Waals surface area contributed by atoms with E-state index in [1.165, 1.54) is 0 Å². The van der Waals surface area contributed by atoms with E-state index in [-0.39, 0.29) is 30.3 Å². The summed E-state index contributed by atoms with van der Waals surface area (Å²) < 4.78 is 5.61. The standard InChI is InChI=1S/C29H35N5O3.C2H4/c1-4-8-25(5-2)37-20-26(35)33-15-12-21(13-16-33)19-34-27(36)29(3,32-28(34)30)24-11-6-9-22(17-24)23-10-7-14-31-18-23;1-2/h4-11,14,17-18,21H,12-13,15-16,19-20H2,1-3H3,(H2,30,32);1-2H2/b8-4-,25-5+;. The molecule has 4 rings (SSSR count). The molecule has 206 valence electrons. The van der Waals surface area contributed by atoms with Crippen molar-refractivity contribution in [1.29, 1.82) is 0 Å². The van der Waals surface area contributed by atoms with E-state index in [0.717, 1.165) is 29.5 Å². The van der Waals surface area contributed by atoms with Crippen LogP contribution in [0.5, 0.6) is 0 Å². The molecule has 2 aliphatic rings. The average molecular weight is 530 g/mol. The summed E-state index contributed by atoms with van der Waals surface area (Å²) in [5.74, 6) is 1.02. The number of amides is 2. The Balaban J connectivity index is 0.00000205. The van der Waals surface area contributed by atoms with Crippen LogP contribution in [-0.2, 0) is 19.9 Å². The van der Waals surface area contributed by atoms with Crippen LogP contribution in [0.4, 0.5) is 0 Å². The van der Waals surface area contributed by atoms with Gasteiger partial charge in [-0.25, -0.2) is 4.99 Å². The van der Waals surface area contributed by atoms with Crippen molar-refractivity contribution >= 4 is 17.8 Å². The van der Waals surface area contributed by atoms with Crippen LogP contribution in [0.25, 0.3) is 11.1 Å². The van der Waals surface area contributed by atoms with Crippen LogP contribution in [0, 0.1) is 5.92 Å². The topological polar surface area (TPSA) is 101 Å². The van der Waals surface area contributed by atoms with Crippen LogP contribution in [-0.4, -0.2) is 58.8 Å². The maximum atomic E-state index is 13.6. The fraction of sp³-hybridized carbons (Fsp3) is 0.355.